The van der Waals surface area contributed by atoms with Gasteiger partial charge in [-0.3, -0.25) is 19.1 Å². The summed E-state index contributed by atoms with van der Waals surface area (Å²) >= 11 is 0. The molecule has 0 aliphatic carbocycles. The maximum Gasteiger partial charge on any atom is 0.407 e. The minimum atomic E-state index is -4.23. The Balaban J connectivity index is 3.06. The van der Waals surface area contributed by atoms with Crippen molar-refractivity contribution in [1.82, 2.24) is 5.32 Å². The Morgan fingerprint density at radius 3 is 1.90 bits per heavy atom. The third-order valence-electron chi connectivity index (χ3n) is 5.15. The van der Waals surface area contributed by atoms with Crippen LogP contribution in [0.15, 0.2) is 29.2 Å². The van der Waals surface area contributed by atoms with Gasteiger partial charge in [0.05, 0.1) is 29.0 Å². The molecule has 2 atom stereocenters. The van der Waals surface area contributed by atoms with Gasteiger partial charge >= 0.3 is 18.0 Å². The standard InChI is InChI=1S/C28H44N2O11S/c1-26(2,3)18-38-25(33)29-22(24(32)41-28(7,8)9)17-19(23(31)40-27(4,5)6)11-10-16-39-42(36,37)21-14-12-20(13-15-21)30(34)35/h12-15,19,22H,10-11,16-18H2,1-9H3,(H,29,33)/t19-,22+/m1/s1. The number of nitro benzene ring substituents is 1. The number of carbonyl (C=O) groups is 3. The number of amides is 1. The number of non-ortho nitro benzene ring substituents is 1. The van der Waals surface area contributed by atoms with E-state index in [0.29, 0.717) is 0 Å². The summed E-state index contributed by atoms with van der Waals surface area (Å²) in [6.45, 7) is 15.4. The van der Waals surface area contributed by atoms with Crippen molar-refractivity contribution in [3.63, 3.8) is 0 Å². The summed E-state index contributed by atoms with van der Waals surface area (Å²) < 4.78 is 46.3. The van der Waals surface area contributed by atoms with Crippen LogP contribution in [-0.2, 0) is 38.1 Å². The van der Waals surface area contributed by atoms with Crippen LogP contribution in [0, 0.1) is 21.4 Å². The van der Waals surface area contributed by atoms with Gasteiger partial charge in [-0.2, -0.15) is 8.42 Å². The number of esters is 2. The molecule has 1 N–H and O–H groups in total. The largest absolute Gasteiger partial charge is 0.460 e. The summed E-state index contributed by atoms with van der Waals surface area (Å²) in [7, 11) is -4.23. The summed E-state index contributed by atoms with van der Waals surface area (Å²) in [4.78, 5) is 48.6. The number of ether oxygens (including phenoxy) is 3. The highest BCUT2D eigenvalue weighted by molar-refractivity contribution is 7.86. The third-order valence-corrected chi connectivity index (χ3v) is 6.48. The van der Waals surface area contributed by atoms with E-state index in [-0.39, 0.29) is 48.5 Å². The summed E-state index contributed by atoms with van der Waals surface area (Å²) in [5.41, 5.74) is -2.34. The van der Waals surface area contributed by atoms with Crippen molar-refractivity contribution in [2.45, 2.75) is 104 Å². The van der Waals surface area contributed by atoms with Gasteiger partial charge in [-0.1, -0.05) is 20.8 Å². The van der Waals surface area contributed by atoms with E-state index in [4.69, 9.17) is 18.4 Å². The van der Waals surface area contributed by atoms with Gasteiger partial charge in [0.25, 0.3) is 15.8 Å². The second-order valence-corrected chi connectivity index (χ2v) is 14.6. The number of nitrogens with zero attached hydrogens (tertiary/aromatic N) is 1. The molecule has 1 aromatic carbocycles. The Labute approximate surface area is 247 Å². The van der Waals surface area contributed by atoms with Gasteiger partial charge in [0.2, 0.25) is 0 Å². The lowest BCUT2D eigenvalue weighted by atomic mass is 9.94. The van der Waals surface area contributed by atoms with Gasteiger partial charge in [-0.15, -0.1) is 0 Å². The average Bonchev–Trinajstić information content (AvgIpc) is 2.81. The van der Waals surface area contributed by atoms with Crippen LogP contribution in [0.3, 0.4) is 0 Å². The molecule has 13 nitrogen and oxygen atoms in total. The molecule has 0 saturated carbocycles. The second kappa shape index (κ2) is 14.8. The number of hydrogen-bond donors (Lipinski definition) is 1. The van der Waals surface area contributed by atoms with E-state index in [9.17, 15) is 32.9 Å². The molecule has 0 heterocycles. The van der Waals surface area contributed by atoms with Crippen LogP contribution in [0.2, 0.25) is 0 Å². The quantitative estimate of drug-likeness (QED) is 0.0795. The predicted molar refractivity (Wildman–Crippen MR) is 153 cm³/mol. The van der Waals surface area contributed by atoms with Crippen molar-refractivity contribution in [3.05, 3.63) is 34.4 Å². The van der Waals surface area contributed by atoms with Crippen LogP contribution in [0.5, 0.6) is 0 Å². The molecule has 238 valence electrons. The van der Waals surface area contributed by atoms with Crippen LogP contribution >= 0.6 is 0 Å². The maximum absolute atomic E-state index is 13.1. The molecular formula is C28H44N2O11S. The summed E-state index contributed by atoms with van der Waals surface area (Å²) in [5, 5.41) is 13.3. The van der Waals surface area contributed by atoms with E-state index >= 15 is 0 Å². The van der Waals surface area contributed by atoms with E-state index < -0.39 is 56.2 Å². The molecule has 0 bridgehead atoms. The highest BCUT2D eigenvalue weighted by atomic mass is 32.2. The number of nitrogens with one attached hydrogen (secondary N) is 1. The molecule has 42 heavy (non-hydrogen) atoms. The smallest absolute Gasteiger partial charge is 0.407 e. The van der Waals surface area contributed by atoms with Crippen molar-refractivity contribution < 1.29 is 46.1 Å². The van der Waals surface area contributed by atoms with Gasteiger partial charge < -0.3 is 19.5 Å². The molecule has 0 radical (unpaired) electrons. The molecule has 0 fully saturated rings. The summed E-state index contributed by atoms with van der Waals surface area (Å²) in [6, 6.07) is 2.95. The highest BCUT2D eigenvalue weighted by Crippen LogP contribution is 2.23. The zero-order valence-electron chi connectivity index (χ0n) is 25.8. The normalized spacial score (nSPS) is 13.9. The van der Waals surface area contributed by atoms with Crippen molar-refractivity contribution in [2.24, 2.45) is 11.3 Å². The molecule has 0 unspecified atom stereocenters. The first kappa shape index (κ1) is 36.8. The van der Waals surface area contributed by atoms with Crippen molar-refractivity contribution in [3.8, 4) is 0 Å². The molecular weight excluding hydrogens is 572 g/mol. The molecule has 0 spiro atoms. The summed E-state index contributed by atoms with van der Waals surface area (Å²) in [5.74, 6) is -2.38. The topological polar surface area (TPSA) is 177 Å². The lowest BCUT2D eigenvalue weighted by molar-refractivity contribution is -0.384. The van der Waals surface area contributed by atoms with E-state index in [1.807, 2.05) is 20.8 Å². The number of benzene rings is 1. The van der Waals surface area contributed by atoms with E-state index in [1.165, 1.54) is 0 Å². The number of carbonyl (C=O) groups excluding carboxylic acids is 3. The highest BCUT2D eigenvalue weighted by Gasteiger charge is 2.34. The van der Waals surface area contributed by atoms with Gasteiger partial charge in [-0.05, 0) is 78.4 Å². The van der Waals surface area contributed by atoms with Crippen LogP contribution in [0.1, 0.15) is 81.6 Å². The SMILES string of the molecule is CC(C)(C)COC(=O)N[C@@H](C[C@@H](CCCOS(=O)(=O)c1ccc([N+](=O)[O-])cc1)C(=O)OC(C)(C)C)C(=O)OC(C)(C)C. The van der Waals surface area contributed by atoms with Gasteiger partial charge in [0.15, 0.2) is 0 Å². The fraction of sp³-hybridized carbons (Fsp3) is 0.679. The molecule has 0 aliphatic heterocycles. The Hall–Kier alpha value is -3.26. The van der Waals surface area contributed by atoms with Crippen molar-refractivity contribution in [1.29, 1.82) is 0 Å². The zero-order valence-corrected chi connectivity index (χ0v) is 26.7. The van der Waals surface area contributed by atoms with E-state index in [0.717, 1.165) is 24.3 Å². The first-order chi connectivity index (χ1) is 19.0. The molecule has 0 saturated heterocycles. The predicted octanol–water partition coefficient (Wildman–Crippen LogP) is 4.91. The monoisotopic (exact) mass is 616 g/mol. The number of rotatable bonds is 13. The third kappa shape index (κ3) is 14.6. The van der Waals surface area contributed by atoms with Crippen LogP contribution < -0.4 is 5.32 Å². The first-order valence-corrected chi connectivity index (χ1v) is 14.9. The minimum absolute atomic E-state index is 0.0444. The van der Waals surface area contributed by atoms with Crippen LogP contribution in [0.4, 0.5) is 10.5 Å². The fourth-order valence-corrected chi connectivity index (χ4v) is 4.30. The Bertz CT molecular complexity index is 1190. The number of alkyl carbamates (subject to hydrolysis) is 1. The molecule has 1 aromatic rings. The molecule has 0 aromatic heterocycles. The Kier molecular flexibility index (Phi) is 12.9. The molecule has 1 rings (SSSR count). The van der Waals surface area contributed by atoms with Crippen LogP contribution in [-0.4, -0.2) is 61.8 Å². The Morgan fingerprint density at radius 2 is 1.43 bits per heavy atom. The van der Waals surface area contributed by atoms with Gasteiger partial charge in [-0.25, -0.2) is 9.59 Å². The Morgan fingerprint density at radius 1 is 0.905 bits per heavy atom. The fourth-order valence-electron chi connectivity index (χ4n) is 3.36. The van der Waals surface area contributed by atoms with E-state index in [2.05, 4.69) is 5.32 Å². The lowest BCUT2D eigenvalue weighted by Gasteiger charge is -2.28. The van der Waals surface area contributed by atoms with Crippen molar-refractivity contribution >= 4 is 33.8 Å². The maximum atomic E-state index is 13.1. The number of hydrogen-bond acceptors (Lipinski definition) is 11. The second-order valence-electron chi connectivity index (χ2n) is 13.0. The lowest BCUT2D eigenvalue weighted by Crippen LogP contribution is -2.47. The summed E-state index contributed by atoms with van der Waals surface area (Å²) in [6.07, 6.45) is -0.959. The first-order valence-electron chi connectivity index (χ1n) is 13.5. The van der Waals surface area contributed by atoms with Gasteiger partial charge in [0.1, 0.15) is 17.2 Å². The average molecular weight is 617 g/mol. The van der Waals surface area contributed by atoms with Crippen LogP contribution in [0.25, 0.3) is 0 Å². The van der Waals surface area contributed by atoms with Crippen molar-refractivity contribution in [2.75, 3.05) is 13.2 Å². The number of nitro groups is 1. The van der Waals surface area contributed by atoms with E-state index in [1.54, 1.807) is 41.5 Å². The molecule has 0 aliphatic rings. The molecule has 14 heteroatoms. The minimum Gasteiger partial charge on any atom is -0.460 e. The molecule has 1 amide bonds. The zero-order chi connectivity index (χ0) is 32.5. The van der Waals surface area contributed by atoms with Gasteiger partial charge in [0, 0.05) is 12.1 Å².